The number of likely N-dealkylation sites (N-methyl/N-ethyl adjacent to an activating group) is 1. The molecule has 2 aromatic rings. The highest BCUT2D eigenvalue weighted by Crippen LogP contribution is 2.20. The van der Waals surface area contributed by atoms with E-state index in [0.29, 0.717) is 17.1 Å². The molecule has 0 saturated heterocycles. The van der Waals surface area contributed by atoms with Gasteiger partial charge >= 0.3 is 0 Å². The van der Waals surface area contributed by atoms with Gasteiger partial charge in [-0.3, -0.25) is 4.79 Å². The molecule has 0 atom stereocenters. The Balaban J connectivity index is 2.16. The highest BCUT2D eigenvalue weighted by atomic mass is 35.5. The fraction of sp³-hybridized carbons (Fsp3) is 0.235. The number of nitrogens with zero attached hydrogens (tertiary/aromatic N) is 1. The zero-order valence-electron chi connectivity index (χ0n) is 11.8. The van der Waals surface area contributed by atoms with Gasteiger partial charge < -0.3 is 4.90 Å². The number of rotatable bonds is 5. The second-order valence-corrected chi connectivity index (χ2v) is 5.17. The Bertz CT molecular complexity index is 592. The summed E-state index contributed by atoms with van der Waals surface area (Å²) in [4.78, 5) is 14.4. The number of hydrogen-bond acceptors (Lipinski definition) is 2. The lowest BCUT2D eigenvalue weighted by molar-refractivity contribution is 0.0999. The number of Topliss-reactive ketones (excluding diaryl/α,β-unsaturated/α-hetero) is 1. The molecule has 104 valence electrons. The molecule has 0 aliphatic carbocycles. The zero-order chi connectivity index (χ0) is 14.5. The van der Waals surface area contributed by atoms with Crippen LogP contribution < -0.4 is 4.90 Å². The number of ketones is 1. The molecule has 3 heteroatoms. The summed E-state index contributed by atoms with van der Waals surface area (Å²) in [6, 6.07) is 15.2. The maximum atomic E-state index is 12.3. The molecule has 0 aromatic heterocycles. The SMILES string of the molecule is CCN(CC(=O)c1ccc(Cl)cc1)c1ccccc1C. The normalized spacial score (nSPS) is 10.3. The summed E-state index contributed by atoms with van der Waals surface area (Å²) < 4.78 is 0. The molecular formula is C17H18ClNO. The van der Waals surface area contributed by atoms with Gasteiger partial charge in [-0.2, -0.15) is 0 Å². The summed E-state index contributed by atoms with van der Waals surface area (Å²) >= 11 is 5.84. The molecule has 0 aliphatic heterocycles. The van der Waals surface area contributed by atoms with E-state index >= 15 is 0 Å². The van der Waals surface area contributed by atoms with Crippen LogP contribution in [0.15, 0.2) is 48.5 Å². The predicted octanol–water partition coefficient (Wildman–Crippen LogP) is 4.36. The van der Waals surface area contributed by atoms with Crippen LogP contribution in [0, 0.1) is 6.92 Å². The Labute approximate surface area is 125 Å². The molecule has 0 N–H and O–H groups in total. The zero-order valence-corrected chi connectivity index (χ0v) is 12.5. The number of halogens is 1. The van der Waals surface area contributed by atoms with E-state index in [1.165, 1.54) is 5.56 Å². The third kappa shape index (κ3) is 3.40. The molecule has 0 amide bonds. The number of benzene rings is 2. The standard InChI is InChI=1S/C17H18ClNO/c1-3-19(16-7-5-4-6-13(16)2)12-17(20)14-8-10-15(18)11-9-14/h4-11H,3,12H2,1-2H3. The average Bonchev–Trinajstić information content (AvgIpc) is 2.46. The second kappa shape index (κ2) is 6.58. The minimum atomic E-state index is 0.103. The van der Waals surface area contributed by atoms with Gasteiger partial charge in [0.1, 0.15) is 0 Å². The van der Waals surface area contributed by atoms with Crippen molar-refractivity contribution in [2.75, 3.05) is 18.0 Å². The molecule has 2 rings (SSSR count). The number of carbonyl (C=O) groups excluding carboxylic acids is 1. The van der Waals surface area contributed by atoms with Crippen molar-refractivity contribution in [1.82, 2.24) is 0 Å². The number of hydrogen-bond donors (Lipinski definition) is 0. The molecule has 0 fully saturated rings. The maximum absolute atomic E-state index is 12.3. The van der Waals surface area contributed by atoms with Crippen molar-refractivity contribution >= 4 is 23.1 Å². The van der Waals surface area contributed by atoms with E-state index in [9.17, 15) is 4.79 Å². The summed E-state index contributed by atoms with van der Waals surface area (Å²) in [7, 11) is 0. The fourth-order valence-electron chi connectivity index (χ4n) is 2.19. The van der Waals surface area contributed by atoms with Gasteiger partial charge in [0.2, 0.25) is 0 Å². The van der Waals surface area contributed by atoms with Crippen molar-refractivity contribution in [3.8, 4) is 0 Å². The second-order valence-electron chi connectivity index (χ2n) is 4.73. The lowest BCUT2D eigenvalue weighted by Crippen LogP contribution is -2.30. The van der Waals surface area contributed by atoms with E-state index in [1.54, 1.807) is 24.3 Å². The lowest BCUT2D eigenvalue weighted by Gasteiger charge is -2.24. The van der Waals surface area contributed by atoms with Gasteiger partial charge in [0, 0.05) is 22.8 Å². The Morgan fingerprint density at radius 2 is 1.75 bits per heavy atom. The Kier molecular flexibility index (Phi) is 4.80. The molecule has 0 spiro atoms. The summed E-state index contributed by atoms with van der Waals surface area (Å²) in [5, 5.41) is 0.646. The Morgan fingerprint density at radius 1 is 1.10 bits per heavy atom. The Morgan fingerprint density at radius 3 is 2.35 bits per heavy atom. The van der Waals surface area contributed by atoms with Crippen LogP contribution in [0.3, 0.4) is 0 Å². The van der Waals surface area contributed by atoms with Crippen LogP contribution in [0.2, 0.25) is 5.02 Å². The first-order valence-electron chi connectivity index (χ1n) is 6.71. The number of aryl methyl sites for hydroxylation is 1. The molecule has 20 heavy (non-hydrogen) atoms. The topological polar surface area (TPSA) is 20.3 Å². The molecule has 0 aliphatic rings. The van der Waals surface area contributed by atoms with E-state index in [-0.39, 0.29) is 5.78 Å². The van der Waals surface area contributed by atoms with Crippen LogP contribution in [-0.4, -0.2) is 18.9 Å². The third-order valence-corrected chi connectivity index (χ3v) is 3.59. The predicted molar refractivity (Wildman–Crippen MR) is 84.8 cm³/mol. The van der Waals surface area contributed by atoms with Gasteiger partial charge in [0.05, 0.1) is 6.54 Å². The number of para-hydroxylation sites is 1. The minimum absolute atomic E-state index is 0.103. The van der Waals surface area contributed by atoms with Crippen LogP contribution in [0.5, 0.6) is 0 Å². The fourth-order valence-corrected chi connectivity index (χ4v) is 2.31. The monoisotopic (exact) mass is 287 g/mol. The summed E-state index contributed by atoms with van der Waals surface area (Å²) in [6.45, 7) is 5.29. The molecule has 2 aromatic carbocycles. The molecule has 0 unspecified atom stereocenters. The Hall–Kier alpha value is -1.80. The van der Waals surface area contributed by atoms with Gasteiger partial charge in [0.15, 0.2) is 5.78 Å². The number of carbonyl (C=O) groups is 1. The van der Waals surface area contributed by atoms with Crippen LogP contribution in [0.4, 0.5) is 5.69 Å². The van der Waals surface area contributed by atoms with Crippen molar-refractivity contribution in [1.29, 1.82) is 0 Å². The van der Waals surface area contributed by atoms with Gasteiger partial charge in [-0.25, -0.2) is 0 Å². The summed E-state index contributed by atoms with van der Waals surface area (Å²) in [5.74, 6) is 0.103. The smallest absolute Gasteiger partial charge is 0.182 e. The first kappa shape index (κ1) is 14.6. The molecule has 0 heterocycles. The summed E-state index contributed by atoms with van der Waals surface area (Å²) in [6.07, 6.45) is 0. The molecular weight excluding hydrogens is 270 g/mol. The molecule has 0 saturated carbocycles. The lowest BCUT2D eigenvalue weighted by atomic mass is 10.1. The van der Waals surface area contributed by atoms with Crippen LogP contribution in [0.25, 0.3) is 0 Å². The quantitative estimate of drug-likeness (QED) is 0.762. The minimum Gasteiger partial charge on any atom is -0.364 e. The van der Waals surface area contributed by atoms with Crippen molar-refractivity contribution in [2.45, 2.75) is 13.8 Å². The van der Waals surface area contributed by atoms with Crippen molar-refractivity contribution in [3.05, 3.63) is 64.7 Å². The van der Waals surface area contributed by atoms with E-state index < -0.39 is 0 Å². The van der Waals surface area contributed by atoms with E-state index in [1.807, 2.05) is 18.2 Å². The van der Waals surface area contributed by atoms with Gasteiger partial charge in [-0.15, -0.1) is 0 Å². The third-order valence-electron chi connectivity index (χ3n) is 3.34. The largest absolute Gasteiger partial charge is 0.364 e. The summed E-state index contributed by atoms with van der Waals surface area (Å²) in [5.41, 5.74) is 2.98. The van der Waals surface area contributed by atoms with E-state index in [2.05, 4.69) is 24.8 Å². The first-order valence-corrected chi connectivity index (χ1v) is 7.09. The van der Waals surface area contributed by atoms with E-state index in [4.69, 9.17) is 11.6 Å². The first-order chi connectivity index (χ1) is 9.61. The van der Waals surface area contributed by atoms with Crippen LogP contribution in [0.1, 0.15) is 22.8 Å². The van der Waals surface area contributed by atoms with Crippen molar-refractivity contribution in [2.24, 2.45) is 0 Å². The van der Waals surface area contributed by atoms with Gasteiger partial charge in [-0.1, -0.05) is 29.8 Å². The molecule has 0 bridgehead atoms. The molecule has 0 radical (unpaired) electrons. The maximum Gasteiger partial charge on any atom is 0.182 e. The van der Waals surface area contributed by atoms with Crippen LogP contribution >= 0.6 is 11.6 Å². The van der Waals surface area contributed by atoms with Gasteiger partial charge in [-0.05, 0) is 49.7 Å². The van der Waals surface area contributed by atoms with Crippen LogP contribution in [-0.2, 0) is 0 Å². The highest BCUT2D eigenvalue weighted by Gasteiger charge is 2.13. The van der Waals surface area contributed by atoms with Crippen molar-refractivity contribution in [3.63, 3.8) is 0 Å². The molecule has 2 nitrogen and oxygen atoms in total. The van der Waals surface area contributed by atoms with Crippen molar-refractivity contribution < 1.29 is 4.79 Å². The highest BCUT2D eigenvalue weighted by molar-refractivity contribution is 6.30. The number of anilines is 1. The van der Waals surface area contributed by atoms with E-state index in [0.717, 1.165) is 12.2 Å². The van der Waals surface area contributed by atoms with Gasteiger partial charge in [0.25, 0.3) is 0 Å². The average molecular weight is 288 g/mol.